The van der Waals surface area contributed by atoms with E-state index in [1.54, 1.807) is 18.2 Å². The van der Waals surface area contributed by atoms with E-state index >= 15 is 0 Å². The number of anilines is 2. The predicted molar refractivity (Wildman–Crippen MR) is 90.6 cm³/mol. The van der Waals surface area contributed by atoms with Crippen LogP contribution in [0, 0.1) is 6.92 Å². The Labute approximate surface area is 131 Å². The highest BCUT2D eigenvalue weighted by Crippen LogP contribution is 2.24. The lowest BCUT2D eigenvalue weighted by molar-refractivity contribution is 0.262. The molecule has 0 aliphatic rings. The molecule has 0 aliphatic heterocycles. The second kappa shape index (κ2) is 6.10. The van der Waals surface area contributed by atoms with E-state index in [2.05, 4.69) is 31.4 Å². The van der Waals surface area contributed by atoms with Crippen molar-refractivity contribution in [2.24, 2.45) is 0 Å². The number of urea groups is 1. The third-order valence-electron chi connectivity index (χ3n) is 3.47. The fourth-order valence-electron chi connectivity index (χ4n) is 2.13. The standard InChI is InChI=1S/C18H22N2O2/c1-12-11-15(21)9-10-16(12)20-17(22)19-14-7-5-13(6-8-14)18(2,3)4/h5-11,21H,1-4H3,(H2,19,20,22). The molecule has 0 saturated carbocycles. The van der Waals surface area contributed by atoms with Crippen LogP contribution >= 0.6 is 0 Å². The second-order valence-corrected chi connectivity index (χ2v) is 6.41. The molecule has 22 heavy (non-hydrogen) atoms. The summed E-state index contributed by atoms with van der Waals surface area (Å²) in [6.07, 6.45) is 0. The molecule has 2 rings (SSSR count). The van der Waals surface area contributed by atoms with Crippen LogP contribution in [0.4, 0.5) is 16.2 Å². The molecular weight excluding hydrogens is 276 g/mol. The van der Waals surface area contributed by atoms with Crippen LogP contribution in [0.15, 0.2) is 42.5 Å². The number of nitrogens with one attached hydrogen (secondary N) is 2. The van der Waals surface area contributed by atoms with Gasteiger partial charge < -0.3 is 15.7 Å². The highest BCUT2D eigenvalue weighted by atomic mass is 16.3. The first kappa shape index (κ1) is 15.9. The Morgan fingerprint density at radius 2 is 1.64 bits per heavy atom. The molecule has 0 spiro atoms. The highest BCUT2D eigenvalue weighted by Gasteiger charge is 2.13. The number of carbonyl (C=O) groups is 1. The van der Waals surface area contributed by atoms with Crippen molar-refractivity contribution in [1.29, 1.82) is 0 Å². The minimum Gasteiger partial charge on any atom is -0.508 e. The van der Waals surface area contributed by atoms with Crippen LogP contribution in [0.2, 0.25) is 0 Å². The zero-order valence-electron chi connectivity index (χ0n) is 13.4. The van der Waals surface area contributed by atoms with E-state index in [-0.39, 0.29) is 17.2 Å². The quantitative estimate of drug-likeness (QED) is 0.707. The molecule has 2 aromatic carbocycles. The first-order valence-electron chi connectivity index (χ1n) is 7.24. The van der Waals surface area contributed by atoms with Gasteiger partial charge in [-0.3, -0.25) is 0 Å². The summed E-state index contributed by atoms with van der Waals surface area (Å²) in [5.74, 6) is 0.182. The minimum atomic E-state index is -0.308. The SMILES string of the molecule is Cc1cc(O)ccc1NC(=O)Nc1ccc(C(C)(C)C)cc1. The van der Waals surface area contributed by atoms with Crippen molar-refractivity contribution in [3.8, 4) is 5.75 Å². The molecule has 116 valence electrons. The Kier molecular flexibility index (Phi) is 4.40. The largest absolute Gasteiger partial charge is 0.508 e. The molecule has 4 heteroatoms. The van der Waals surface area contributed by atoms with Crippen LogP contribution < -0.4 is 10.6 Å². The van der Waals surface area contributed by atoms with E-state index in [0.29, 0.717) is 5.69 Å². The topological polar surface area (TPSA) is 61.4 Å². The summed E-state index contributed by atoms with van der Waals surface area (Å²) in [5, 5.41) is 14.9. The van der Waals surface area contributed by atoms with Crippen LogP contribution in [0.25, 0.3) is 0 Å². The molecule has 0 unspecified atom stereocenters. The van der Waals surface area contributed by atoms with Crippen molar-refractivity contribution in [3.05, 3.63) is 53.6 Å². The zero-order valence-corrected chi connectivity index (χ0v) is 13.4. The maximum absolute atomic E-state index is 12.0. The molecule has 2 amide bonds. The van der Waals surface area contributed by atoms with Crippen molar-refractivity contribution in [1.82, 2.24) is 0 Å². The van der Waals surface area contributed by atoms with Gasteiger partial charge in [-0.15, -0.1) is 0 Å². The van der Waals surface area contributed by atoms with Gasteiger partial charge in [0.1, 0.15) is 5.75 Å². The lowest BCUT2D eigenvalue weighted by Crippen LogP contribution is -2.20. The molecule has 0 atom stereocenters. The Bertz CT molecular complexity index is 670. The van der Waals surface area contributed by atoms with E-state index in [0.717, 1.165) is 11.3 Å². The van der Waals surface area contributed by atoms with Crippen LogP contribution in [0.5, 0.6) is 5.75 Å². The Hall–Kier alpha value is -2.49. The number of hydrogen-bond donors (Lipinski definition) is 3. The van der Waals surface area contributed by atoms with Crippen molar-refractivity contribution in [2.75, 3.05) is 10.6 Å². The number of aryl methyl sites for hydroxylation is 1. The van der Waals surface area contributed by atoms with E-state index in [4.69, 9.17) is 0 Å². The predicted octanol–water partition coefficient (Wildman–Crippen LogP) is 4.64. The van der Waals surface area contributed by atoms with Gasteiger partial charge in [0.15, 0.2) is 0 Å². The average Bonchev–Trinajstić information content (AvgIpc) is 2.41. The van der Waals surface area contributed by atoms with Gasteiger partial charge in [-0.2, -0.15) is 0 Å². The number of amides is 2. The first-order valence-corrected chi connectivity index (χ1v) is 7.24. The number of aromatic hydroxyl groups is 1. The van der Waals surface area contributed by atoms with Crippen LogP contribution in [-0.2, 0) is 5.41 Å². The first-order chi connectivity index (χ1) is 10.3. The van der Waals surface area contributed by atoms with Crippen molar-refractivity contribution < 1.29 is 9.90 Å². The number of benzene rings is 2. The molecular formula is C18H22N2O2. The molecule has 0 heterocycles. The normalized spacial score (nSPS) is 11.1. The van der Waals surface area contributed by atoms with Crippen LogP contribution in [-0.4, -0.2) is 11.1 Å². The zero-order chi connectivity index (χ0) is 16.3. The van der Waals surface area contributed by atoms with Gasteiger partial charge in [-0.1, -0.05) is 32.9 Å². The van der Waals surface area contributed by atoms with Crippen molar-refractivity contribution in [2.45, 2.75) is 33.1 Å². The van der Waals surface area contributed by atoms with Gasteiger partial charge in [-0.05, 0) is 53.8 Å². The third kappa shape index (κ3) is 4.01. The smallest absolute Gasteiger partial charge is 0.323 e. The molecule has 0 fully saturated rings. The van der Waals surface area contributed by atoms with E-state index in [1.165, 1.54) is 5.56 Å². The maximum Gasteiger partial charge on any atom is 0.323 e. The molecule has 0 aliphatic carbocycles. The van der Waals surface area contributed by atoms with Gasteiger partial charge in [0.05, 0.1) is 0 Å². The number of rotatable bonds is 2. The van der Waals surface area contributed by atoms with Crippen LogP contribution in [0.3, 0.4) is 0 Å². The Morgan fingerprint density at radius 3 is 2.18 bits per heavy atom. The number of carbonyl (C=O) groups excluding carboxylic acids is 1. The minimum absolute atomic E-state index is 0.0872. The molecule has 2 aromatic rings. The molecule has 0 bridgehead atoms. The van der Waals surface area contributed by atoms with Crippen LogP contribution in [0.1, 0.15) is 31.9 Å². The highest BCUT2D eigenvalue weighted by molar-refractivity contribution is 6.00. The number of phenols is 1. The van der Waals surface area contributed by atoms with Crippen molar-refractivity contribution >= 4 is 17.4 Å². The molecule has 4 nitrogen and oxygen atoms in total. The average molecular weight is 298 g/mol. The van der Waals surface area contributed by atoms with E-state index in [1.807, 2.05) is 31.2 Å². The Morgan fingerprint density at radius 1 is 1.00 bits per heavy atom. The number of phenolic OH excluding ortho intramolecular Hbond substituents is 1. The maximum atomic E-state index is 12.0. The summed E-state index contributed by atoms with van der Waals surface area (Å²) in [6, 6.07) is 12.3. The molecule has 0 radical (unpaired) electrons. The van der Waals surface area contributed by atoms with E-state index < -0.39 is 0 Å². The summed E-state index contributed by atoms with van der Waals surface area (Å²) in [6.45, 7) is 8.27. The van der Waals surface area contributed by atoms with Gasteiger partial charge >= 0.3 is 6.03 Å². The van der Waals surface area contributed by atoms with Gasteiger partial charge in [0.25, 0.3) is 0 Å². The molecule has 0 aromatic heterocycles. The number of hydrogen-bond acceptors (Lipinski definition) is 2. The lowest BCUT2D eigenvalue weighted by Gasteiger charge is -2.19. The fraction of sp³-hybridized carbons (Fsp3) is 0.278. The summed E-state index contributed by atoms with van der Waals surface area (Å²) in [5.41, 5.74) is 3.51. The summed E-state index contributed by atoms with van der Waals surface area (Å²) in [4.78, 5) is 12.0. The van der Waals surface area contributed by atoms with Gasteiger partial charge in [0.2, 0.25) is 0 Å². The summed E-state index contributed by atoms with van der Waals surface area (Å²) >= 11 is 0. The Balaban J connectivity index is 2.03. The fourth-order valence-corrected chi connectivity index (χ4v) is 2.13. The van der Waals surface area contributed by atoms with Crippen molar-refractivity contribution in [3.63, 3.8) is 0 Å². The second-order valence-electron chi connectivity index (χ2n) is 6.41. The molecule has 0 saturated heterocycles. The van der Waals surface area contributed by atoms with Gasteiger partial charge in [0, 0.05) is 11.4 Å². The van der Waals surface area contributed by atoms with Gasteiger partial charge in [-0.25, -0.2) is 4.79 Å². The summed E-state index contributed by atoms with van der Waals surface area (Å²) in [7, 11) is 0. The van der Waals surface area contributed by atoms with E-state index in [9.17, 15) is 9.90 Å². The monoisotopic (exact) mass is 298 g/mol. The lowest BCUT2D eigenvalue weighted by atomic mass is 9.87. The molecule has 3 N–H and O–H groups in total. The summed E-state index contributed by atoms with van der Waals surface area (Å²) < 4.78 is 0. The third-order valence-corrected chi connectivity index (χ3v) is 3.47.